The number of carbonyl (C=O) groups is 1. The highest BCUT2D eigenvalue weighted by Gasteiger charge is 2.42. The fraction of sp³-hybridized carbons (Fsp3) is 0.471. The van der Waals surface area contributed by atoms with E-state index < -0.39 is 22.5 Å². The van der Waals surface area contributed by atoms with Gasteiger partial charge in [-0.05, 0) is 66.9 Å². The number of rotatable bonds is 6. The smallest absolute Gasteiger partial charge is 0.249 e. The summed E-state index contributed by atoms with van der Waals surface area (Å²) < 4.78 is 26.1. The average molecular weight is 350 g/mol. The van der Waals surface area contributed by atoms with Crippen LogP contribution in [-0.2, 0) is 10.0 Å². The largest absolute Gasteiger partial charge is 0.395 e. The van der Waals surface area contributed by atoms with Gasteiger partial charge in [-0.3, -0.25) is 9.52 Å². The minimum atomic E-state index is -3.61. The minimum absolute atomic E-state index is 0.370. The Morgan fingerprint density at radius 1 is 1.29 bits per heavy atom. The van der Waals surface area contributed by atoms with Crippen molar-refractivity contribution in [2.24, 2.45) is 11.1 Å². The van der Waals surface area contributed by atoms with E-state index in [0.717, 1.165) is 24.8 Å². The van der Waals surface area contributed by atoms with E-state index in [9.17, 15) is 13.2 Å². The first kappa shape index (κ1) is 17.0. The van der Waals surface area contributed by atoms with Crippen molar-refractivity contribution in [3.63, 3.8) is 0 Å². The summed E-state index contributed by atoms with van der Waals surface area (Å²) in [6, 6.07) is 4.73. The van der Waals surface area contributed by atoms with Gasteiger partial charge in [-0.15, -0.1) is 0 Å². The third-order valence-electron chi connectivity index (χ3n) is 4.93. The number of hydrogen-bond acceptors (Lipinski definition) is 4. The summed E-state index contributed by atoms with van der Waals surface area (Å²) in [7, 11) is -3.61. The van der Waals surface area contributed by atoms with Gasteiger partial charge in [-0.2, -0.15) is 0 Å². The lowest BCUT2D eigenvalue weighted by molar-refractivity contribution is 0.1000. The van der Waals surface area contributed by atoms with E-state index in [1.165, 1.54) is 18.9 Å². The van der Waals surface area contributed by atoms with Crippen LogP contribution in [0, 0.1) is 5.41 Å². The molecular weight excluding hydrogens is 328 g/mol. The number of sulfonamides is 1. The topological polar surface area (TPSA) is 109 Å². The first-order valence-electron chi connectivity index (χ1n) is 8.09. The molecule has 0 aromatic heterocycles. The normalized spacial score (nSPS) is 19.0. The monoisotopic (exact) mass is 350 g/mol. The lowest BCUT2D eigenvalue weighted by Gasteiger charge is -2.22. The lowest BCUT2D eigenvalue weighted by atomic mass is 9.83. The zero-order valence-corrected chi connectivity index (χ0v) is 14.2. The van der Waals surface area contributed by atoms with E-state index in [1.54, 1.807) is 12.1 Å². The Hall–Kier alpha value is -1.86. The van der Waals surface area contributed by atoms with Crippen molar-refractivity contribution in [3.05, 3.63) is 35.4 Å². The molecule has 130 valence electrons. The Bertz CT molecular complexity index is 795. The summed E-state index contributed by atoms with van der Waals surface area (Å²) in [5.74, 6) is -0.895. The number of nitrogens with two attached hydrogens (primary N) is 1. The molecule has 6 nitrogen and oxygen atoms in total. The van der Waals surface area contributed by atoms with E-state index in [-0.39, 0.29) is 5.75 Å². The van der Waals surface area contributed by atoms with Gasteiger partial charge in [0.25, 0.3) is 0 Å². The number of anilines is 1. The van der Waals surface area contributed by atoms with Gasteiger partial charge in [-0.1, -0.05) is 6.08 Å². The molecule has 4 N–H and O–H groups in total. The Morgan fingerprint density at radius 2 is 2.04 bits per heavy atom. The highest BCUT2D eigenvalue weighted by atomic mass is 32.2. The van der Waals surface area contributed by atoms with Crippen molar-refractivity contribution >= 4 is 27.2 Å². The molecule has 0 unspecified atom stereocenters. The first-order chi connectivity index (χ1) is 11.3. The number of benzene rings is 1. The van der Waals surface area contributed by atoms with Gasteiger partial charge in [-0.25, -0.2) is 8.42 Å². The van der Waals surface area contributed by atoms with Crippen LogP contribution in [0.5, 0.6) is 0 Å². The average Bonchev–Trinajstić information content (AvgIpc) is 3.26. The van der Waals surface area contributed by atoms with Crippen LogP contribution in [0.1, 0.15) is 48.0 Å². The van der Waals surface area contributed by atoms with E-state index in [2.05, 4.69) is 10.8 Å². The van der Waals surface area contributed by atoms with Gasteiger partial charge in [0, 0.05) is 11.3 Å². The molecule has 0 saturated heterocycles. The lowest BCUT2D eigenvalue weighted by Crippen LogP contribution is -2.20. The highest BCUT2D eigenvalue weighted by molar-refractivity contribution is 7.92. The Morgan fingerprint density at radius 3 is 2.58 bits per heavy atom. The van der Waals surface area contributed by atoms with Crippen molar-refractivity contribution in [2.45, 2.75) is 32.1 Å². The van der Waals surface area contributed by atoms with Crippen LogP contribution in [0.15, 0.2) is 24.3 Å². The molecule has 1 saturated carbocycles. The van der Waals surface area contributed by atoms with Crippen molar-refractivity contribution in [3.8, 4) is 0 Å². The van der Waals surface area contributed by atoms with Crippen LogP contribution < -0.4 is 10.5 Å². The second-order valence-electron chi connectivity index (χ2n) is 6.70. The number of allylic oxidation sites excluding steroid dienone is 2. The maximum atomic E-state index is 11.8. The van der Waals surface area contributed by atoms with Crippen LogP contribution in [0.25, 0.3) is 5.57 Å². The Balaban J connectivity index is 1.92. The molecule has 0 bridgehead atoms. The van der Waals surface area contributed by atoms with Crippen molar-refractivity contribution in [1.82, 2.24) is 0 Å². The number of carbonyl (C=O) groups excluding carboxylic acids is 1. The minimum Gasteiger partial charge on any atom is -0.395 e. The molecule has 0 radical (unpaired) electrons. The third-order valence-corrected chi connectivity index (χ3v) is 6.19. The van der Waals surface area contributed by atoms with Gasteiger partial charge in [0.15, 0.2) is 0 Å². The SMILES string of the molecule is NC(=O)c1ccc(NS(=O)(=O)CCO)cc1C1=CCC2(CC1)CC2. The zero-order chi connectivity index (χ0) is 17.4. The van der Waals surface area contributed by atoms with Crippen molar-refractivity contribution in [1.29, 1.82) is 0 Å². The third kappa shape index (κ3) is 3.62. The Kier molecular flexibility index (Phi) is 4.40. The predicted octanol–water partition coefficient (Wildman–Crippen LogP) is 1.87. The molecule has 1 aromatic carbocycles. The van der Waals surface area contributed by atoms with Crippen LogP contribution in [0.3, 0.4) is 0 Å². The second kappa shape index (κ2) is 6.22. The molecule has 0 atom stereocenters. The molecule has 1 spiro atoms. The van der Waals surface area contributed by atoms with Gasteiger partial charge < -0.3 is 10.8 Å². The van der Waals surface area contributed by atoms with Gasteiger partial charge in [0.1, 0.15) is 0 Å². The number of aliphatic hydroxyl groups excluding tert-OH is 1. The number of nitrogens with one attached hydrogen (secondary N) is 1. The summed E-state index contributed by atoms with van der Waals surface area (Å²) in [6.45, 7) is -0.450. The van der Waals surface area contributed by atoms with Crippen LogP contribution in [0.4, 0.5) is 5.69 Å². The molecule has 2 aliphatic rings. The summed E-state index contributed by atoms with van der Waals surface area (Å²) in [5, 5.41) is 8.82. The number of primary amides is 1. The molecule has 3 rings (SSSR count). The molecule has 2 aliphatic carbocycles. The molecule has 24 heavy (non-hydrogen) atoms. The summed E-state index contributed by atoms with van der Waals surface area (Å²) in [6.07, 6.45) is 7.65. The van der Waals surface area contributed by atoms with E-state index in [1.807, 2.05) is 0 Å². The molecule has 0 heterocycles. The number of aliphatic hydroxyl groups is 1. The Labute approximate surface area is 141 Å². The van der Waals surface area contributed by atoms with Crippen molar-refractivity contribution < 1.29 is 18.3 Å². The number of hydrogen-bond donors (Lipinski definition) is 3. The van der Waals surface area contributed by atoms with E-state index >= 15 is 0 Å². The number of amides is 1. The van der Waals surface area contributed by atoms with Crippen LogP contribution in [-0.4, -0.2) is 31.8 Å². The molecular formula is C17H22N2O4S. The van der Waals surface area contributed by atoms with Gasteiger partial charge in [0.05, 0.1) is 12.4 Å². The maximum Gasteiger partial charge on any atom is 0.249 e. The predicted molar refractivity (Wildman–Crippen MR) is 93.0 cm³/mol. The molecule has 7 heteroatoms. The molecule has 1 amide bonds. The molecule has 0 aliphatic heterocycles. The highest BCUT2D eigenvalue weighted by Crippen LogP contribution is 2.56. The van der Waals surface area contributed by atoms with E-state index in [0.29, 0.717) is 22.2 Å². The zero-order valence-electron chi connectivity index (χ0n) is 13.4. The summed E-state index contributed by atoms with van der Waals surface area (Å²) >= 11 is 0. The quantitative estimate of drug-likeness (QED) is 0.727. The standard InChI is InChI=1S/C17H22N2O4S/c18-16(21)14-2-1-13(19-24(22,23)10-9-20)11-15(14)12-3-5-17(6-4-12)7-8-17/h1-3,11,19-20H,4-10H2,(H2,18,21). The fourth-order valence-corrected chi connectivity index (χ4v) is 4.09. The maximum absolute atomic E-state index is 11.8. The summed E-state index contributed by atoms with van der Waals surface area (Å²) in [4.78, 5) is 11.7. The van der Waals surface area contributed by atoms with E-state index in [4.69, 9.17) is 10.8 Å². The fourth-order valence-electron chi connectivity index (χ4n) is 3.26. The van der Waals surface area contributed by atoms with Gasteiger partial charge >= 0.3 is 0 Å². The van der Waals surface area contributed by atoms with Gasteiger partial charge in [0.2, 0.25) is 15.9 Å². The molecule has 1 aromatic rings. The first-order valence-corrected chi connectivity index (χ1v) is 9.74. The second-order valence-corrected chi connectivity index (χ2v) is 8.54. The van der Waals surface area contributed by atoms with Crippen LogP contribution >= 0.6 is 0 Å². The van der Waals surface area contributed by atoms with Crippen molar-refractivity contribution in [2.75, 3.05) is 17.1 Å². The molecule has 1 fully saturated rings. The summed E-state index contributed by atoms with van der Waals surface area (Å²) in [5.41, 5.74) is 8.46. The van der Waals surface area contributed by atoms with Crippen LogP contribution in [0.2, 0.25) is 0 Å².